The van der Waals surface area contributed by atoms with E-state index < -0.39 is 30.5 Å². The van der Waals surface area contributed by atoms with Crippen molar-refractivity contribution in [2.24, 2.45) is 59.2 Å². The zero-order valence-corrected chi connectivity index (χ0v) is 43.4. The van der Waals surface area contributed by atoms with Crippen molar-refractivity contribution >= 4 is 17.7 Å². The number of unbranched alkanes of at least 4 members (excludes halogenated alkanes) is 1. The van der Waals surface area contributed by atoms with Gasteiger partial charge in [-0.3, -0.25) is 4.79 Å². The first-order valence-corrected chi connectivity index (χ1v) is 26.6. The lowest BCUT2D eigenvalue weighted by atomic mass is 9.75. The third-order valence-electron chi connectivity index (χ3n) is 15.3. The van der Waals surface area contributed by atoms with Crippen LogP contribution in [0.4, 0.5) is 4.79 Å². The van der Waals surface area contributed by atoms with Gasteiger partial charge < -0.3 is 44.7 Å². The Morgan fingerprint density at radius 1 is 0.900 bits per heavy atom. The molecule has 0 aliphatic heterocycles. The van der Waals surface area contributed by atoms with Gasteiger partial charge in [0.25, 0.3) is 0 Å². The number of Topliss-reactive ketones (excluding diaryl/α,β-unsaturated/α-hetero) is 1. The Bertz CT molecular complexity index is 1840. The van der Waals surface area contributed by atoms with Crippen LogP contribution in [0, 0.1) is 59.2 Å². The number of carbonyl (C=O) groups excluding carboxylic acids is 3. The van der Waals surface area contributed by atoms with E-state index in [1.54, 1.807) is 31.2 Å². The number of nitrogens with zero attached hydrogens (tertiary/aromatic N) is 3. The summed E-state index contributed by atoms with van der Waals surface area (Å²) in [6.07, 6.45) is 22.7. The Balaban J connectivity index is 1.30. The summed E-state index contributed by atoms with van der Waals surface area (Å²) in [6.45, 7) is 18.9. The fraction of sp³-hybridized carbons (Fsp3) is 0.732. The summed E-state index contributed by atoms with van der Waals surface area (Å²) in [4.78, 5) is 36.8. The van der Waals surface area contributed by atoms with Crippen LogP contribution in [0.5, 0.6) is 0 Å². The first-order chi connectivity index (χ1) is 33.6. The zero-order valence-electron chi connectivity index (χ0n) is 43.4. The van der Waals surface area contributed by atoms with Crippen molar-refractivity contribution in [1.29, 1.82) is 0 Å². The van der Waals surface area contributed by atoms with E-state index in [-0.39, 0.29) is 65.8 Å². The number of aliphatic hydroxyl groups is 4. The molecule has 0 unspecified atom stereocenters. The fourth-order valence-electron chi connectivity index (χ4n) is 10.8. The third-order valence-corrected chi connectivity index (χ3v) is 15.3. The number of amides is 1. The van der Waals surface area contributed by atoms with Gasteiger partial charge in [0.15, 0.2) is 5.78 Å². The molecule has 1 aromatic rings. The Kier molecular flexibility index (Phi) is 26.6. The molecule has 5 N–H and O–H groups in total. The minimum Gasteiger partial charge on any atom is -0.449 e. The number of ketones is 2. The van der Waals surface area contributed by atoms with E-state index in [2.05, 4.69) is 36.1 Å². The number of alkyl carbamates (subject to hydrolysis) is 1. The highest BCUT2D eigenvalue weighted by Gasteiger charge is 2.50. The van der Waals surface area contributed by atoms with E-state index in [9.17, 15) is 34.8 Å². The molecule has 0 radical (unpaired) electrons. The van der Waals surface area contributed by atoms with E-state index in [1.807, 2.05) is 55.8 Å². The Hall–Kier alpha value is -3.79. The van der Waals surface area contributed by atoms with Crippen LogP contribution in [0.3, 0.4) is 0 Å². The van der Waals surface area contributed by atoms with Crippen LogP contribution in [0.15, 0.2) is 61.3 Å². The second-order valence-corrected chi connectivity index (χ2v) is 21.0. The number of aliphatic hydroxyl groups excluding tert-OH is 4. The summed E-state index contributed by atoms with van der Waals surface area (Å²) >= 11 is 0. The molecular formula is C56H90N4O10. The molecule has 1 aromatic heterocycles. The van der Waals surface area contributed by atoms with Gasteiger partial charge in [-0.25, -0.2) is 9.48 Å². The van der Waals surface area contributed by atoms with Crippen molar-refractivity contribution in [2.75, 3.05) is 39.6 Å². The molecule has 1 amide bonds. The van der Waals surface area contributed by atoms with E-state index in [0.717, 1.165) is 57.1 Å². The monoisotopic (exact) mass is 979 g/mol. The Morgan fingerprint density at radius 2 is 1.64 bits per heavy atom. The van der Waals surface area contributed by atoms with Crippen LogP contribution < -0.4 is 5.32 Å². The third kappa shape index (κ3) is 20.7. The van der Waals surface area contributed by atoms with E-state index in [1.165, 1.54) is 5.69 Å². The van der Waals surface area contributed by atoms with Crippen LogP contribution in [-0.4, -0.2) is 117 Å². The molecule has 0 spiro atoms. The molecule has 3 aliphatic rings. The molecule has 14 atom stereocenters. The molecule has 1 saturated carbocycles. The molecule has 0 saturated heterocycles. The predicted molar refractivity (Wildman–Crippen MR) is 274 cm³/mol. The summed E-state index contributed by atoms with van der Waals surface area (Å²) in [5.41, 5.74) is 2.21. The van der Waals surface area contributed by atoms with Crippen LogP contribution in [0.25, 0.3) is 0 Å². The molecule has 14 nitrogen and oxygen atoms in total. The number of fused-ring (bicyclic) bond motifs is 2. The van der Waals surface area contributed by atoms with Crippen molar-refractivity contribution in [3.05, 3.63) is 72.7 Å². The summed E-state index contributed by atoms with van der Waals surface area (Å²) in [7, 11) is 0. The van der Waals surface area contributed by atoms with Gasteiger partial charge in [-0.1, -0.05) is 101 Å². The predicted octanol–water partition coefficient (Wildman–Crippen LogP) is 8.12. The highest BCUT2D eigenvalue weighted by Crippen LogP contribution is 2.53. The molecule has 1 heterocycles. The summed E-state index contributed by atoms with van der Waals surface area (Å²) in [5, 5.41) is 57.1. The van der Waals surface area contributed by atoms with Crippen LogP contribution in [-0.2, 0) is 43.2 Å². The molecule has 14 heteroatoms. The maximum Gasteiger partial charge on any atom is 0.407 e. The van der Waals surface area contributed by atoms with E-state index in [4.69, 9.17) is 14.2 Å². The lowest BCUT2D eigenvalue weighted by Gasteiger charge is -2.32. The van der Waals surface area contributed by atoms with Gasteiger partial charge in [-0.2, -0.15) is 0 Å². The minimum atomic E-state index is -0.899. The molecule has 1 fully saturated rings. The minimum absolute atomic E-state index is 0.00832. The summed E-state index contributed by atoms with van der Waals surface area (Å²) < 4.78 is 18.6. The molecule has 394 valence electrons. The SMILES string of the molecule is C=C/C=C\[C@H](C)[C@@H]1CC(=O)/C=C\C=C\[C@@H](CCCCn2nnc3c2CC[C@H]2[C@@H](CC3)[C@H]2COC(=O)NCCOCCOCCCC(C)=O)[C@@H](O)C[C@H](O)/C=C\[C@H](C)[C@H](O)[C@@H](C)C[C@@H](C)CC[C@@H](O)[C@@H]1C. The average Bonchev–Trinajstić information content (AvgIpc) is 3.84. The number of rotatable bonds is 20. The number of aryl methyl sites for hydroxylation is 2. The van der Waals surface area contributed by atoms with Gasteiger partial charge in [0.2, 0.25) is 0 Å². The van der Waals surface area contributed by atoms with Crippen LogP contribution in [0.1, 0.15) is 130 Å². The second kappa shape index (κ2) is 31.6. The molecule has 0 bridgehead atoms. The Labute approximate surface area is 419 Å². The molecule has 70 heavy (non-hydrogen) atoms. The van der Waals surface area contributed by atoms with Crippen LogP contribution in [0.2, 0.25) is 0 Å². The normalized spacial score (nSPS) is 32.4. The Morgan fingerprint density at radius 3 is 2.39 bits per heavy atom. The van der Waals surface area contributed by atoms with Crippen LogP contribution >= 0.6 is 0 Å². The van der Waals surface area contributed by atoms with Crippen molar-refractivity contribution in [3.8, 4) is 0 Å². The summed E-state index contributed by atoms with van der Waals surface area (Å²) in [5.74, 6) is 1.13. The molecule has 4 rings (SSSR count). The van der Waals surface area contributed by atoms with Gasteiger partial charge in [0, 0.05) is 50.8 Å². The summed E-state index contributed by atoms with van der Waals surface area (Å²) in [6, 6.07) is 0. The molecular weight excluding hydrogens is 889 g/mol. The second-order valence-electron chi connectivity index (χ2n) is 21.0. The van der Waals surface area contributed by atoms with Gasteiger partial charge in [-0.15, -0.1) is 5.10 Å². The zero-order chi connectivity index (χ0) is 51.0. The maximum atomic E-state index is 13.4. The number of hydrogen-bond donors (Lipinski definition) is 5. The molecule has 3 aliphatic carbocycles. The van der Waals surface area contributed by atoms with Crippen molar-refractivity contribution in [2.45, 2.75) is 162 Å². The number of allylic oxidation sites excluding steroid dienone is 6. The van der Waals surface area contributed by atoms with E-state index >= 15 is 0 Å². The highest BCUT2D eigenvalue weighted by molar-refractivity contribution is 5.90. The fourth-order valence-corrected chi connectivity index (χ4v) is 10.8. The van der Waals surface area contributed by atoms with Gasteiger partial charge in [0.05, 0.1) is 62.2 Å². The van der Waals surface area contributed by atoms with Gasteiger partial charge in [0.1, 0.15) is 5.78 Å². The largest absolute Gasteiger partial charge is 0.449 e. The smallest absolute Gasteiger partial charge is 0.407 e. The van der Waals surface area contributed by atoms with Gasteiger partial charge >= 0.3 is 6.09 Å². The van der Waals surface area contributed by atoms with Crippen molar-refractivity contribution < 1.29 is 49.0 Å². The van der Waals surface area contributed by atoms with Gasteiger partial charge in [-0.05, 0) is 125 Å². The standard InChI is InChI=1S/C56H90N4O10/c1-8-9-15-39(3)49-35-45(62)19-11-10-17-44(54(65)36-46(63)22-21-40(4)55(66)41(5)34-38(2)20-27-53(64)43(49)7)18-12-13-29-60-52-26-24-48-47(23-25-51(52)58-59-60)50(48)37-70-56(67)57-28-31-69-33-32-68-30-14-16-42(6)61/h8-11,15,17,19,21-22,38-41,43-44,46-50,53-55,63-66H,1,12-14,16,18,20,23-37H2,2-7H3,(H,57,67)/b15-9-,17-10+,19-11-,22-21-/t38-,39-,40-,41-,43+,44-,46+,47+,48-,49-,50+,53+,54-,55-/m0/s1. The number of hydrogen-bond acceptors (Lipinski definition) is 12. The lowest BCUT2D eigenvalue weighted by molar-refractivity contribution is -0.117. The lowest BCUT2D eigenvalue weighted by Crippen LogP contribution is -2.31. The number of ether oxygens (including phenoxy) is 3. The topological polar surface area (TPSA) is 203 Å². The number of aromatic nitrogens is 3. The first-order valence-electron chi connectivity index (χ1n) is 26.6. The first kappa shape index (κ1) is 58.8. The average molecular weight is 979 g/mol. The maximum absolute atomic E-state index is 13.4. The number of carbonyl (C=O) groups is 3. The number of nitrogens with one attached hydrogen (secondary N) is 1. The highest BCUT2D eigenvalue weighted by atomic mass is 16.6. The quantitative estimate of drug-likeness (QED) is 0.0478. The van der Waals surface area contributed by atoms with Crippen molar-refractivity contribution in [1.82, 2.24) is 20.3 Å². The van der Waals surface area contributed by atoms with E-state index in [0.29, 0.717) is 89.6 Å². The molecule has 0 aromatic carbocycles. The van der Waals surface area contributed by atoms with Crippen molar-refractivity contribution in [3.63, 3.8) is 0 Å².